The van der Waals surface area contributed by atoms with E-state index in [2.05, 4.69) is 18.1 Å². The number of fused-ring (bicyclic) bond motifs is 1. The molecule has 4 aliphatic rings. The molecule has 0 radical (unpaired) electrons. The van der Waals surface area contributed by atoms with Gasteiger partial charge in [0.05, 0.1) is 43.3 Å². The molecule has 0 aliphatic carbocycles. The number of hydrogen-bond acceptors (Lipinski definition) is 7. The Balaban J connectivity index is 1.58. The molecular weight excluding hydrogens is 548 g/mol. The maximum atomic E-state index is 14.8. The van der Waals surface area contributed by atoms with E-state index < -0.39 is 35.1 Å². The first kappa shape index (κ1) is 31.4. The number of amides is 3. The van der Waals surface area contributed by atoms with E-state index in [1.54, 1.807) is 33.9 Å². The molecule has 10 heteroatoms. The monoisotopic (exact) mass is 594 g/mol. The second kappa shape index (κ2) is 12.9. The van der Waals surface area contributed by atoms with E-state index in [9.17, 15) is 19.5 Å². The third-order valence-corrected chi connectivity index (χ3v) is 10.0. The van der Waals surface area contributed by atoms with Crippen LogP contribution in [0.4, 0.5) is 0 Å². The number of aliphatic hydroxyl groups excluding tert-OH is 1. The maximum Gasteiger partial charge on any atom is 0.248 e. The lowest BCUT2D eigenvalue weighted by molar-refractivity contribution is -0.158. The number of carbonyl (C=O) groups excluding carboxylic acids is 3. The fourth-order valence-electron chi connectivity index (χ4n) is 7.90. The van der Waals surface area contributed by atoms with Gasteiger partial charge < -0.3 is 29.3 Å². The minimum Gasteiger partial charge on any atom is -0.394 e. The van der Waals surface area contributed by atoms with Gasteiger partial charge in [-0.15, -0.1) is 13.2 Å². The zero-order valence-electron chi connectivity index (χ0n) is 25.5. The summed E-state index contributed by atoms with van der Waals surface area (Å²) in [4.78, 5) is 50.7. The molecule has 0 aromatic heterocycles. The quantitative estimate of drug-likeness (QED) is 0.348. The first-order valence-corrected chi connectivity index (χ1v) is 15.5. The summed E-state index contributed by atoms with van der Waals surface area (Å²) < 4.78 is 12.4. The van der Waals surface area contributed by atoms with Crippen molar-refractivity contribution in [3.8, 4) is 0 Å². The van der Waals surface area contributed by atoms with Gasteiger partial charge in [-0.1, -0.05) is 49.4 Å². The number of aliphatic hydroxyl groups is 1. The second-order valence-corrected chi connectivity index (χ2v) is 12.2. The van der Waals surface area contributed by atoms with Crippen LogP contribution in [0.3, 0.4) is 0 Å². The molecule has 1 N–H and O–H groups in total. The third-order valence-electron chi connectivity index (χ3n) is 10.0. The van der Waals surface area contributed by atoms with Crippen LogP contribution in [0.5, 0.6) is 0 Å². The predicted molar refractivity (Wildman–Crippen MR) is 162 cm³/mol. The second-order valence-electron chi connectivity index (χ2n) is 12.2. The van der Waals surface area contributed by atoms with Crippen LogP contribution in [0.25, 0.3) is 0 Å². The highest BCUT2D eigenvalue weighted by molar-refractivity contribution is 5.99. The number of ether oxygens (including phenoxy) is 2. The van der Waals surface area contributed by atoms with Crippen LogP contribution in [0, 0.1) is 11.8 Å². The number of hydrogen-bond donors (Lipinski definition) is 1. The molecule has 0 saturated carbocycles. The van der Waals surface area contributed by atoms with Gasteiger partial charge >= 0.3 is 0 Å². The number of likely N-dealkylation sites (N-methyl/N-ethyl adjacent to an activating group) is 1. The van der Waals surface area contributed by atoms with Gasteiger partial charge in [0.25, 0.3) is 0 Å². The number of carbonyl (C=O) groups is 3. The minimum absolute atomic E-state index is 0.176. The van der Waals surface area contributed by atoms with Crippen molar-refractivity contribution in [1.29, 1.82) is 0 Å². The molecule has 2 bridgehead atoms. The summed E-state index contributed by atoms with van der Waals surface area (Å²) in [6.07, 6.45) is 4.97. The largest absolute Gasteiger partial charge is 0.394 e. The van der Waals surface area contributed by atoms with Gasteiger partial charge in [-0.25, -0.2) is 0 Å². The van der Waals surface area contributed by atoms with E-state index in [1.807, 2.05) is 37.3 Å². The fraction of sp³-hybridized carbons (Fsp3) is 0.606. The van der Waals surface area contributed by atoms with Crippen molar-refractivity contribution in [2.45, 2.75) is 49.5 Å². The lowest BCUT2D eigenvalue weighted by atomic mass is 9.64. The molecule has 4 heterocycles. The number of benzene rings is 1. The predicted octanol–water partition coefficient (Wildman–Crippen LogP) is 1.87. The average Bonchev–Trinajstić information content (AvgIpc) is 3.64. The van der Waals surface area contributed by atoms with E-state index in [-0.39, 0.29) is 24.3 Å². The third kappa shape index (κ3) is 5.32. The Morgan fingerprint density at radius 1 is 1.12 bits per heavy atom. The zero-order chi connectivity index (χ0) is 30.8. The van der Waals surface area contributed by atoms with Crippen molar-refractivity contribution in [2.24, 2.45) is 11.8 Å². The van der Waals surface area contributed by atoms with Crippen LogP contribution in [-0.2, 0) is 23.9 Å². The average molecular weight is 595 g/mol. The minimum atomic E-state index is -1.18. The van der Waals surface area contributed by atoms with Gasteiger partial charge in [0.2, 0.25) is 17.7 Å². The van der Waals surface area contributed by atoms with E-state index >= 15 is 0 Å². The molecule has 1 aromatic rings. The standard InChI is InChI=1S/C33H46N4O6/c1-5-15-34(4)29(39)26-27-30(40)37(25(23-38)24-11-9-8-10-12-24)28(33(27)14-13-32(26,7-3)43-33)31(41)36(16-6-2)18-17-35-19-21-42-22-20-35/h5-6,8-12,25-28,38H,1-2,7,13-23H2,3-4H3/t25-,26+,27+,28?,32-,33?/m1/s1. The molecule has 4 saturated heterocycles. The van der Waals surface area contributed by atoms with Crippen molar-refractivity contribution in [2.75, 3.05) is 66.1 Å². The number of morpholine rings is 1. The topological polar surface area (TPSA) is 103 Å². The van der Waals surface area contributed by atoms with Crippen molar-refractivity contribution in [3.05, 3.63) is 61.2 Å². The van der Waals surface area contributed by atoms with Gasteiger partial charge in [0, 0.05) is 46.3 Å². The molecule has 234 valence electrons. The molecule has 1 aromatic carbocycles. The number of likely N-dealkylation sites (tertiary alicyclic amines) is 1. The lowest BCUT2D eigenvalue weighted by Gasteiger charge is -2.40. The molecule has 4 fully saturated rings. The molecule has 43 heavy (non-hydrogen) atoms. The molecule has 5 rings (SSSR count). The first-order chi connectivity index (χ1) is 20.8. The molecule has 4 aliphatic heterocycles. The summed E-state index contributed by atoms with van der Waals surface area (Å²) in [5.74, 6) is -2.30. The van der Waals surface area contributed by atoms with Crippen LogP contribution in [-0.4, -0.2) is 126 Å². The number of rotatable bonds is 13. The molecule has 3 amide bonds. The van der Waals surface area contributed by atoms with Crippen LogP contribution >= 0.6 is 0 Å². The molecule has 10 nitrogen and oxygen atoms in total. The van der Waals surface area contributed by atoms with E-state index in [1.165, 1.54) is 0 Å². The van der Waals surface area contributed by atoms with Crippen LogP contribution in [0.1, 0.15) is 37.8 Å². The van der Waals surface area contributed by atoms with Crippen LogP contribution in [0.2, 0.25) is 0 Å². The van der Waals surface area contributed by atoms with Gasteiger partial charge in [-0.2, -0.15) is 0 Å². The Bertz CT molecular complexity index is 1210. The Kier molecular flexibility index (Phi) is 9.41. The highest BCUT2D eigenvalue weighted by Gasteiger charge is 2.79. The van der Waals surface area contributed by atoms with Gasteiger partial charge in [0.15, 0.2) is 0 Å². The van der Waals surface area contributed by atoms with Crippen molar-refractivity contribution < 1.29 is 29.0 Å². The van der Waals surface area contributed by atoms with Crippen LogP contribution in [0.15, 0.2) is 55.6 Å². The Hall–Kier alpha value is -3.05. The summed E-state index contributed by atoms with van der Waals surface area (Å²) in [5.41, 5.74) is -1.29. The zero-order valence-corrected chi connectivity index (χ0v) is 25.5. The molecular formula is C33H46N4O6. The van der Waals surface area contributed by atoms with Gasteiger partial charge in [-0.3, -0.25) is 19.3 Å². The highest BCUT2D eigenvalue weighted by atomic mass is 16.5. The van der Waals surface area contributed by atoms with Crippen molar-refractivity contribution >= 4 is 17.7 Å². The summed E-state index contributed by atoms with van der Waals surface area (Å²) in [7, 11) is 1.71. The van der Waals surface area contributed by atoms with Gasteiger partial charge in [0.1, 0.15) is 11.6 Å². The molecule has 1 spiro atoms. The van der Waals surface area contributed by atoms with E-state index in [0.717, 1.165) is 18.7 Å². The Morgan fingerprint density at radius 3 is 2.44 bits per heavy atom. The van der Waals surface area contributed by atoms with E-state index in [0.29, 0.717) is 58.7 Å². The summed E-state index contributed by atoms with van der Waals surface area (Å²) in [6, 6.07) is 7.52. The Morgan fingerprint density at radius 2 is 1.81 bits per heavy atom. The lowest BCUT2D eigenvalue weighted by Crippen LogP contribution is -2.58. The summed E-state index contributed by atoms with van der Waals surface area (Å²) in [5, 5.41) is 10.8. The smallest absolute Gasteiger partial charge is 0.248 e. The number of nitrogens with zero attached hydrogens (tertiary/aromatic N) is 4. The summed E-state index contributed by atoms with van der Waals surface area (Å²) in [6.45, 7) is 14.0. The van der Waals surface area contributed by atoms with Gasteiger partial charge in [-0.05, 0) is 24.8 Å². The highest BCUT2D eigenvalue weighted by Crippen LogP contribution is 2.65. The molecule has 6 atom stereocenters. The van der Waals surface area contributed by atoms with Crippen molar-refractivity contribution in [1.82, 2.24) is 19.6 Å². The molecule has 2 unspecified atom stereocenters. The summed E-state index contributed by atoms with van der Waals surface area (Å²) >= 11 is 0. The Labute approximate surface area is 254 Å². The fourth-order valence-corrected chi connectivity index (χ4v) is 7.90. The van der Waals surface area contributed by atoms with Crippen LogP contribution < -0.4 is 0 Å². The normalized spacial score (nSPS) is 30.6. The maximum absolute atomic E-state index is 14.8. The first-order valence-electron chi connectivity index (χ1n) is 15.5. The SMILES string of the molecule is C=CCN(C)C(=O)[C@@H]1[C@H]2C(=O)N([C@H](CO)c3ccccc3)C(C(=O)N(CC=C)CCN3CCOCC3)C23CC[C@@]1(CC)O3. The van der Waals surface area contributed by atoms with E-state index in [4.69, 9.17) is 9.47 Å². The van der Waals surface area contributed by atoms with Crippen molar-refractivity contribution in [3.63, 3.8) is 0 Å².